The molecule has 2 aromatic carbocycles. The van der Waals surface area contributed by atoms with Crippen molar-refractivity contribution in [1.29, 1.82) is 0 Å². The van der Waals surface area contributed by atoms with Crippen molar-refractivity contribution in [2.24, 2.45) is 5.14 Å². The molecule has 2 aromatic rings. The maximum Gasteiger partial charge on any atom is 0.338 e. The van der Waals surface area contributed by atoms with E-state index in [9.17, 15) is 18.0 Å². The van der Waals surface area contributed by atoms with Crippen LogP contribution < -0.4 is 10.5 Å². The number of primary sulfonamides is 1. The lowest BCUT2D eigenvalue weighted by Gasteiger charge is -2.11. The van der Waals surface area contributed by atoms with Crippen LogP contribution in [0.2, 0.25) is 0 Å². The fourth-order valence-electron chi connectivity index (χ4n) is 2.52. The fraction of sp³-hybridized carbons (Fsp3) is 0.263. The van der Waals surface area contributed by atoms with Crippen LogP contribution in [0.3, 0.4) is 0 Å². The van der Waals surface area contributed by atoms with Crippen LogP contribution in [-0.4, -0.2) is 26.9 Å². The molecule has 0 unspecified atom stereocenters. The van der Waals surface area contributed by atoms with Crippen molar-refractivity contribution in [3.63, 3.8) is 0 Å². The van der Waals surface area contributed by atoms with Gasteiger partial charge in [-0.2, -0.15) is 0 Å². The second-order valence-corrected chi connectivity index (χ2v) is 7.67. The van der Waals surface area contributed by atoms with Gasteiger partial charge in [-0.1, -0.05) is 19.1 Å². The Morgan fingerprint density at radius 2 is 1.85 bits per heavy atom. The molecule has 8 heteroatoms. The molecule has 0 aromatic heterocycles. The number of sulfonamides is 1. The van der Waals surface area contributed by atoms with Crippen LogP contribution in [0.25, 0.3) is 0 Å². The Labute approximate surface area is 158 Å². The van der Waals surface area contributed by atoms with Crippen molar-refractivity contribution >= 4 is 27.6 Å². The third-order valence-electron chi connectivity index (χ3n) is 4.12. The van der Waals surface area contributed by atoms with Crippen molar-refractivity contribution < 1.29 is 22.7 Å². The zero-order valence-corrected chi connectivity index (χ0v) is 16.2. The van der Waals surface area contributed by atoms with E-state index in [0.717, 1.165) is 18.1 Å². The van der Waals surface area contributed by atoms with Crippen LogP contribution in [0.15, 0.2) is 41.3 Å². The van der Waals surface area contributed by atoms with Crippen molar-refractivity contribution in [3.8, 4) is 0 Å². The first kappa shape index (κ1) is 20.6. The van der Waals surface area contributed by atoms with Gasteiger partial charge in [0.05, 0.1) is 10.5 Å². The van der Waals surface area contributed by atoms with E-state index in [1.807, 2.05) is 25.1 Å². The highest BCUT2D eigenvalue weighted by atomic mass is 32.2. The number of nitrogens with two attached hydrogens (primary N) is 1. The maximum absolute atomic E-state index is 12.2. The molecule has 0 bridgehead atoms. The lowest BCUT2D eigenvalue weighted by molar-refractivity contribution is -0.119. The first-order valence-electron chi connectivity index (χ1n) is 8.31. The lowest BCUT2D eigenvalue weighted by atomic mass is 10.1. The molecule has 27 heavy (non-hydrogen) atoms. The van der Waals surface area contributed by atoms with Crippen LogP contribution in [0.1, 0.15) is 34.0 Å². The van der Waals surface area contributed by atoms with E-state index >= 15 is 0 Å². The lowest BCUT2D eigenvalue weighted by Crippen LogP contribution is -2.21. The summed E-state index contributed by atoms with van der Waals surface area (Å²) in [6, 6.07) is 9.99. The number of hydrogen-bond acceptors (Lipinski definition) is 5. The van der Waals surface area contributed by atoms with Gasteiger partial charge in [0.2, 0.25) is 10.0 Å². The Morgan fingerprint density at radius 1 is 1.15 bits per heavy atom. The first-order valence-corrected chi connectivity index (χ1v) is 9.86. The van der Waals surface area contributed by atoms with Gasteiger partial charge in [-0.3, -0.25) is 4.79 Å². The molecular formula is C19H22N2O5S. The molecule has 2 rings (SSSR count). The number of carbonyl (C=O) groups excluding carboxylic acids is 2. The largest absolute Gasteiger partial charge is 0.452 e. The Morgan fingerprint density at radius 3 is 2.48 bits per heavy atom. The molecule has 0 fully saturated rings. The third kappa shape index (κ3) is 5.38. The maximum atomic E-state index is 12.2. The molecule has 0 aliphatic carbocycles. The van der Waals surface area contributed by atoms with Crippen molar-refractivity contribution in [2.75, 3.05) is 11.9 Å². The number of rotatable bonds is 6. The SMILES string of the molecule is CCc1cccc(NC(=O)COC(=O)c2cc(C)c(C)c(S(N)(=O)=O)c2)c1. The van der Waals surface area contributed by atoms with E-state index in [2.05, 4.69) is 5.32 Å². The number of ether oxygens (including phenoxy) is 1. The normalized spacial score (nSPS) is 11.1. The van der Waals surface area contributed by atoms with Gasteiger partial charge in [0, 0.05) is 5.69 Å². The zero-order chi connectivity index (χ0) is 20.2. The highest BCUT2D eigenvalue weighted by Gasteiger charge is 2.19. The van der Waals surface area contributed by atoms with Crippen LogP contribution in [0.4, 0.5) is 5.69 Å². The van der Waals surface area contributed by atoms with Gasteiger partial charge in [0.15, 0.2) is 6.61 Å². The van der Waals surface area contributed by atoms with E-state index in [4.69, 9.17) is 9.88 Å². The molecular weight excluding hydrogens is 368 g/mol. The number of carbonyl (C=O) groups is 2. The molecule has 0 aliphatic rings. The number of aryl methyl sites for hydroxylation is 2. The third-order valence-corrected chi connectivity index (χ3v) is 5.15. The van der Waals surface area contributed by atoms with Gasteiger partial charge in [0.25, 0.3) is 5.91 Å². The van der Waals surface area contributed by atoms with Crippen molar-refractivity contribution in [2.45, 2.75) is 32.1 Å². The monoisotopic (exact) mass is 390 g/mol. The van der Waals surface area contributed by atoms with E-state index in [1.165, 1.54) is 6.07 Å². The topological polar surface area (TPSA) is 116 Å². The number of hydrogen-bond donors (Lipinski definition) is 2. The second kappa shape index (κ2) is 8.32. The van der Waals surface area contributed by atoms with Crippen LogP contribution >= 0.6 is 0 Å². The minimum absolute atomic E-state index is 0.0166. The van der Waals surface area contributed by atoms with E-state index in [0.29, 0.717) is 16.8 Å². The molecule has 0 saturated carbocycles. The summed E-state index contributed by atoms with van der Waals surface area (Å²) in [4.78, 5) is 24.1. The molecule has 3 N–H and O–H groups in total. The second-order valence-electron chi connectivity index (χ2n) is 6.14. The molecule has 0 aliphatic heterocycles. The molecule has 0 heterocycles. The summed E-state index contributed by atoms with van der Waals surface area (Å²) in [6.45, 7) is 4.77. The van der Waals surface area contributed by atoms with Crippen molar-refractivity contribution in [3.05, 3.63) is 58.7 Å². The number of benzene rings is 2. The molecule has 0 atom stereocenters. The summed E-state index contributed by atoms with van der Waals surface area (Å²) in [6.07, 6.45) is 0.831. The highest BCUT2D eigenvalue weighted by molar-refractivity contribution is 7.89. The van der Waals surface area contributed by atoms with Gasteiger partial charge in [-0.25, -0.2) is 18.4 Å². The van der Waals surface area contributed by atoms with Crippen LogP contribution in [0, 0.1) is 13.8 Å². The van der Waals surface area contributed by atoms with E-state index in [-0.39, 0.29) is 10.5 Å². The van der Waals surface area contributed by atoms with E-state index in [1.54, 1.807) is 19.9 Å². The Bertz CT molecular complexity index is 984. The fourth-order valence-corrected chi connectivity index (χ4v) is 3.40. The number of anilines is 1. The van der Waals surface area contributed by atoms with Gasteiger partial charge < -0.3 is 10.1 Å². The molecule has 7 nitrogen and oxygen atoms in total. The van der Waals surface area contributed by atoms with Gasteiger partial charge >= 0.3 is 5.97 Å². The summed E-state index contributed by atoms with van der Waals surface area (Å²) >= 11 is 0. The molecule has 0 radical (unpaired) electrons. The predicted molar refractivity (Wildman–Crippen MR) is 102 cm³/mol. The summed E-state index contributed by atoms with van der Waals surface area (Å²) < 4.78 is 28.3. The van der Waals surface area contributed by atoms with Crippen molar-refractivity contribution in [1.82, 2.24) is 0 Å². The molecule has 1 amide bonds. The summed E-state index contributed by atoms with van der Waals surface area (Å²) in [5.41, 5.74) is 2.73. The van der Waals surface area contributed by atoms with Crippen LogP contribution in [-0.2, 0) is 26.0 Å². The average molecular weight is 390 g/mol. The minimum Gasteiger partial charge on any atom is -0.452 e. The average Bonchev–Trinajstić information content (AvgIpc) is 2.61. The van der Waals surface area contributed by atoms with Gasteiger partial charge in [-0.05, 0) is 61.2 Å². The summed E-state index contributed by atoms with van der Waals surface area (Å²) in [7, 11) is -3.98. The highest BCUT2D eigenvalue weighted by Crippen LogP contribution is 2.20. The smallest absolute Gasteiger partial charge is 0.338 e. The van der Waals surface area contributed by atoms with Gasteiger partial charge in [-0.15, -0.1) is 0 Å². The number of amides is 1. The minimum atomic E-state index is -3.98. The number of nitrogens with one attached hydrogen (secondary N) is 1. The Balaban J connectivity index is 2.07. The van der Waals surface area contributed by atoms with Crippen LogP contribution in [0.5, 0.6) is 0 Å². The number of esters is 1. The Hall–Kier alpha value is -2.71. The summed E-state index contributed by atoms with van der Waals surface area (Å²) in [5.74, 6) is -1.30. The zero-order valence-electron chi connectivity index (χ0n) is 15.4. The molecule has 0 saturated heterocycles. The molecule has 144 valence electrons. The summed E-state index contributed by atoms with van der Waals surface area (Å²) in [5, 5.41) is 7.83. The van der Waals surface area contributed by atoms with E-state index < -0.39 is 28.5 Å². The standard InChI is InChI=1S/C19H22N2O5S/c1-4-14-6-5-7-16(9-14)21-18(22)11-26-19(23)15-8-12(2)13(3)17(10-15)27(20,24)25/h5-10H,4,11H2,1-3H3,(H,21,22)(H2,20,24,25). The first-order chi connectivity index (χ1) is 12.6. The predicted octanol–water partition coefficient (Wildman–Crippen LogP) is 2.31. The Kier molecular flexibility index (Phi) is 6.35. The quantitative estimate of drug-likeness (QED) is 0.734. The van der Waals surface area contributed by atoms with Gasteiger partial charge in [0.1, 0.15) is 0 Å². The molecule has 0 spiro atoms.